The standard InChI is InChI=1S/C17H17FN2O6S/c1-19-27(23,24)13-6-7-15(18)14(9-13)17(22)26-10-16(21)20-11-4-3-5-12(8-11)25-2/h3-9,19H,10H2,1-2H3,(H,20,21). The largest absolute Gasteiger partial charge is 0.497 e. The first-order chi connectivity index (χ1) is 12.8. The predicted molar refractivity (Wildman–Crippen MR) is 94.6 cm³/mol. The number of nitrogens with one attached hydrogen (secondary N) is 2. The van der Waals surface area contributed by atoms with Crippen LogP contribution in [0.2, 0.25) is 0 Å². The smallest absolute Gasteiger partial charge is 0.341 e. The van der Waals surface area contributed by atoms with Crippen molar-refractivity contribution in [3.63, 3.8) is 0 Å². The Hall–Kier alpha value is -2.98. The number of sulfonamides is 1. The topological polar surface area (TPSA) is 111 Å². The van der Waals surface area contributed by atoms with Crippen molar-refractivity contribution in [3.05, 3.63) is 53.8 Å². The quantitative estimate of drug-likeness (QED) is 0.687. The summed E-state index contributed by atoms with van der Waals surface area (Å²) in [6.07, 6.45) is 0. The second-order valence-corrected chi connectivity index (χ2v) is 7.09. The van der Waals surface area contributed by atoms with Crippen LogP contribution in [-0.2, 0) is 19.6 Å². The molecular weight excluding hydrogens is 379 g/mol. The number of hydrogen-bond acceptors (Lipinski definition) is 6. The van der Waals surface area contributed by atoms with E-state index in [-0.39, 0.29) is 4.90 Å². The summed E-state index contributed by atoms with van der Waals surface area (Å²) in [6.45, 7) is -0.682. The van der Waals surface area contributed by atoms with Crippen LogP contribution in [0.5, 0.6) is 5.75 Å². The number of benzene rings is 2. The van der Waals surface area contributed by atoms with Crippen LogP contribution in [0, 0.1) is 5.82 Å². The molecule has 8 nitrogen and oxygen atoms in total. The van der Waals surface area contributed by atoms with Crippen LogP contribution in [0.3, 0.4) is 0 Å². The molecule has 2 rings (SSSR count). The second-order valence-electron chi connectivity index (χ2n) is 5.21. The molecular formula is C17H17FN2O6S. The lowest BCUT2D eigenvalue weighted by atomic mass is 10.2. The monoisotopic (exact) mass is 396 g/mol. The molecule has 0 aromatic heterocycles. The molecule has 2 aromatic rings. The van der Waals surface area contributed by atoms with Gasteiger partial charge in [0.2, 0.25) is 10.0 Å². The summed E-state index contributed by atoms with van der Waals surface area (Å²) in [7, 11) is -1.21. The highest BCUT2D eigenvalue weighted by molar-refractivity contribution is 7.89. The molecule has 0 aliphatic carbocycles. The number of amides is 1. The number of carbonyl (C=O) groups excluding carboxylic acids is 2. The third kappa shape index (κ3) is 5.25. The zero-order valence-electron chi connectivity index (χ0n) is 14.5. The summed E-state index contributed by atoms with van der Waals surface area (Å²) >= 11 is 0. The summed E-state index contributed by atoms with van der Waals surface area (Å²) < 4.78 is 49.2. The van der Waals surface area contributed by atoms with E-state index in [9.17, 15) is 22.4 Å². The van der Waals surface area contributed by atoms with Gasteiger partial charge in [0, 0.05) is 11.8 Å². The van der Waals surface area contributed by atoms with Crippen molar-refractivity contribution in [2.75, 3.05) is 26.1 Å². The van der Waals surface area contributed by atoms with Crippen molar-refractivity contribution >= 4 is 27.6 Å². The van der Waals surface area contributed by atoms with Crippen LogP contribution in [-0.4, -0.2) is 41.1 Å². The van der Waals surface area contributed by atoms with E-state index in [1.807, 2.05) is 0 Å². The molecule has 10 heteroatoms. The number of halogens is 1. The molecule has 0 bridgehead atoms. The second kappa shape index (κ2) is 8.60. The molecule has 0 atom stereocenters. The van der Waals surface area contributed by atoms with Crippen molar-refractivity contribution in [3.8, 4) is 5.75 Å². The summed E-state index contributed by atoms with van der Waals surface area (Å²) in [6, 6.07) is 9.18. The molecule has 0 saturated heterocycles. The van der Waals surface area contributed by atoms with Gasteiger partial charge >= 0.3 is 5.97 Å². The van der Waals surface area contributed by atoms with Crippen molar-refractivity contribution < 1.29 is 31.9 Å². The van der Waals surface area contributed by atoms with E-state index in [2.05, 4.69) is 10.0 Å². The Bertz CT molecular complexity index is 962. The number of carbonyl (C=O) groups is 2. The van der Waals surface area contributed by atoms with Gasteiger partial charge in [-0.05, 0) is 37.4 Å². The molecule has 1 amide bonds. The number of esters is 1. The molecule has 144 valence electrons. The number of rotatable bonds is 7. The van der Waals surface area contributed by atoms with Gasteiger partial charge in [0.15, 0.2) is 6.61 Å². The first-order valence-electron chi connectivity index (χ1n) is 7.61. The highest BCUT2D eigenvalue weighted by Gasteiger charge is 2.20. The van der Waals surface area contributed by atoms with Crippen molar-refractivity contribution in [2.24, 2.45) is 0 Å². The molecule has 0 spiro atoms. The molecule has 0 aliphatic rings. The molecule has 0 unspecified atom stereocenters. The summed E-state index contributed by atoms with van der Waals surface area (Å²) in [4.78, 5) is 23.6. The predicted octanol–water partition coefficient (Wildman–Crippen LogP) is 1.54. The minimum Gasteiger partial charge on any atom is -0.497 e. The van der Waals surface area contributed by atoms with E-state index < -0.39 is 39.9 Å². The van der Waals surface area contributed by atoms with Gasteiger partial charge in [-0.15, -0.1) is 0 Å². The summed E-state index contributed by atoms with van der Waals surface area (Å²) in [5.41, 5.74) is -0.177. The van der Waals surface area contributed by atoms with Crippen LogP contribution in [0.1, 0.15) is 10.4 Å². The van der Waals surface area contributed by atoms with Crippen LogP contribution >= 0.6 is 0 Å². The molecule has 0 heterocycles. The lowest BCUT2D eigenvalue weighted by molar-refractivity contribution is -0.119. The molecule has 0 radical (unpaired) electrons. The zero-order valence-corrected chi connectivity index (χ0v) is 15.3. The van der Waals surface area contributed by atoms with E-state index >= 15 is 0 Å². The highest BCUT2D eigenvalue weighted by Crippen LogP contribution is 2.17. The minimum atomic E-state index is -3.87. The van der Waals surface area contributed by atoms with Gasteiger partial charge in [-0.2, -0.15) is 0 Å². The minimum absolute atomic E-state index is 0.306. The van der Waals surface area contributed by atoms with E-state index in [0.717, 1.165) is 18.2 Å². The first-order valence-corrected chi connectivity index (χ1v) is 9.09. The van der Waals surface area contributed by atoms with E-state index in [4.69, 9.17) is 9.47 Å². The van der Waals surface area contributed by atoms with Crippen LogP contribution in [0.15, 0.2) is 47.4 Å². The first kappa shape index (κ1) is 20.3. The van der Waals surface area contributed by atoms with Gasteiger partial charge in [0.05, 0.1) is 17.6 Å². The number of ether oxygens (including phenoxy) is 2. The lowest BCUT2D eigenvalue weighted by Gasteiger charge is -2.09. The SMILES string of the molecule is CNS(=O)(=O)c1ccc(F)c(C(=O)OCC(=O)Nc2cccc(OC)c2)c1. The number of anilines is 1. The molecule has 0 aliphatic heterocycles. The van der Waals surface area contributed by atoms with Gasteiger partial charge in [-0.3, -0.25) is 4.79 Å². The maximum atomic E-state index is 13.8. The summed E-state index contributed by atoms with van der Waals surface area (Å²) in [5.74, 6) is -2.27. The Balaban J connectivity index is 2.04. The maximum Gasteiger partial charge on any atom is 0.341 e. The normalized spacial score (nSPS) is 10.9. The Kier molecular flexibility index (Phi) is 6.48. The lowest BCUT2D eigenvalue weighted by Crippen LogP contribution is -2.22. The van der Waals surface area contributed by atoms with Crippen LogP contribution < -0.4 is 14.8 Å². The Morgan fingerprint density at radius 1 is 1.15 bits per heavy atom. The molecule has 2 aromatic carbocycles. The van der Waals surface area contributed by atoms with E-state index in [1.54, 1.807) is 24.3 Å². The Labute approximate surface area is 155 Å². The van der Waals surface area contributed by atoms with Crippen molar-refractivity contribution in [1.82, 2.24) is 4.72 Å². The third-order valence-electron chi connectivity index (χ3n) is 3.42. The molecule has 27 heavy (non-hydrogen) atoms. The van der Waals surface area contributed by atoms with Crippen LogP contribution in [0.4, 0.5) is 10.1 Å². The average molecular weight is 396 g/mol. The third-order valence-corrected chi connectivity index (χ3v) is 4.84. The molecule has 0 saturated carbocycles. The number of hydrogen-bond donors (Lipinski definition) is 2. The molecule has 2 N–H and O–H groups in total. The Morgan fingerprint density at radius 2 is 1.89 bits per heavy atom. The average Bonchev–Trinajstić information content (AvgIpc) is 2.66. The Morgan fingerprint density at radius 3 is 2.56 bits per heavy atom. The fraction of sp³-hybridized carbons (Fsp3) is 0.176. The van der Waals surface area contributed by atoms with Crippen molar-refractivity contribution in [2.45, 2.75) is 4.90 Å². The van der Waals surface area contributed by atoms with Crippen molar-refractivity contribution in [1.29, 1.82) is 0 Å². The highest BCUT2D eigenvalue weighted by atomic mass is 32.2. The fourth-order valence-electron chi connectivity index (χ4n) is 2.05. The number of methoxy groups -OCH3 is 1. The van der Waals surface area contributed by atoms with Gasteiger partial charge in [0.1, 0.15) is 11.6 Å². The fourth-order valence-corrected chi connectivity index (χ4v) is 2.81. The van der Waals surface area contributed by atoms with Gasteiger partial charge in [-0.25, -0.2) is 22.3 Å². The maximum absolute atomic E-state index is 13.8. The molecule has 0 fully saturated rings. The van der Waals surface area contributed by atoms with Gasteiger partial charge in [-0.1, -0.05) is 6.07 Å². The summed E-state index contributed by atoms with van der Waals surface area (Å²) in [5, 5.41) is 2.49. The van der Waals surface area contributed by atoms with E-state index in [1.165, 1.54) is 14.2 Å². The van der Waals surface area contributed by atoms with Crippen LogP contribution in [0.25, 0.3) is 0 Å². The van der Waals surface area contributed by atoms with E-state index in [0.29, 0.717) is 11.4 Å². The zero-order chi connectivity index (χ0) is 20.0. The van der Waals surface area contributed by atoms with Gasteiger partial charge in [0.25, 0.3) is 5.91 Å². The van der Waals surface area contributed by atoms with Gasteiger partial charge < -0.3 is 14.8 Å².